The number of nitrogens with zero attached hydrogens (tertiary/aromatic N) is 1. The molecule has 1 aromatic heterocycles. The Bertz CT molecular complexity index is 296. The summed E-state index contributed by atoms with van der Waals surface area (Å²) in [6.07, 6.45) is 6.61. The van der Waals surface area contributed by atoms with Crippen molar-refractivity contribution >= 4 is 0 Å². The fourth-order valence-corrected chi connectivity index (χ4v) is 2.82. The van der Waals surface area contributed by atoms with Crippen molar-refractivity contribution in [2.75, 3.05) is 6.54 Å². The van der Waals surface area contributed by atoms with Crippen molar-refractivity contribution in [1.29, 1.82) is 0 Å². The summed E-state index contributed by atoms with van der Waals surface area (Å²) in [6.45, 7) is 1.24. The first-order chi connectivity index (χ1) is 6.43. The van der Waals surface area contributed by atoms with Gasteiger partial charge in [0.1, 0.15) is 0 Å². The maximum atomic E-state index is 4.19. The molecule has 1 N–H and O–H groups in total. The van der Waals surface area contributed by atoms with Crippen LogP contribution in [0.5, 0.6) is 0 Å². The highest BCUT2D eigenvalue weighted by Gasteiger charge is 2.39. The molecule has 1 aromatic rings. The van der Waals surface area contributed by atoms with Crippen LogP contribution in [-0.4, -0.2) is 17.6 Å². The Hall–Kier alpha value is -0.890. The Labute approximate surface area is 78.4 Å². The van der Waals surface area contributed by atoms with Gasteiger partial charge in [-0.2, -0.15) is 0 Å². The molecule has 1 aliphatic heterocycles. The second kappa shape index (κ2) is 2.81. The van der Waals surface area contributed by atoms with Crippen LogP contribution in [-0.2, 0) is 0 Å². The third kappa shape index (κ3) is 1.17. The van der Waals surface area contributed by atoms with Crippen molar-refractivity contribution in [3.05, 3.63) is 30.1 Å². The smallest absolute Gasteiger partial charge is 0.0303 e. The van der Waals surface area contributed by atoms with Gasteiger partial charge in [0, 0.05) is 24.4 Å². The van der Waals surface area contributed by atoms with E-state index < -0.39 is 0 Å². The van der Waals surface area contributed by atoms with Crippen LogP contribution in [0.4, 0.5) is 0 Å². The second-order valence-corrected chi connectivity index (χ2v) is 4.25. The number of fused-ring (bicyclic) bond motifs is 2. The molecule has 0 amide bonds. The first kappa shape index (κ1) is 7.51. The first-order valence-corrected chi connectivity index (χ1v) is 5.07. The van der Waals surface area contributed by atoms with E-state index in [0.29, 0.717) is 0 Å². The lowest BCUT2D eigenvalue weighted by atomic mass is 9.93. The summed E-state index contributed by atoms with van der Waals surface area (Å²) in [5.74, 6) is 1.66. The van der Waals surface area contributed by atoms with Gasteiger partial charge in [0.25, 0.3) is 0 Å². The summed E-state index contributed by atoms with van der Waals surface area (Å²) in [7, 11) is 0. The number of pyridine rings is 1. The van der Waals surface area contributed by atoms with Gasteiger partial charge in [-0.3, -0.25) is 4.98 Å². The molecule has 0 radical (unpaired) electrons. The Morgan fingerprint density at radius 1 is 1.38 bits per heavy atom. The van der Waals surface area contributed by atoms with Gasteiger partial charge in [-0.1, -0.05) is 6.07 Å². The topological polar surface area (TPSA) is 24.9 Å². The fourth-order valence-electron chi connectivity index (χ4n) is 2.82. The number of nitrogens with one attached hydrogen (secondary N) is 1. The minimum absolute atomic E-state index is 0.729. The van der Waals surface area contributed by atoms with Gasteiger partial charge >= 0.3 is 0 Å². The molecule has 0 spiro atoms. The summed E-state index contributed by atoms with van der Waals surface area (Å²) >= 11 is 0. The van der Waals surface area contributed by atoms with Crippen molar-refractivity contribution in [2.45, 2.75) is 24.8 Å². The highest BCUT2D eigenvalue weighted by atomic mass is 15.0. The Morgan fingerprint density at radius 2 is 2.38 bits per heavy atom. The average Bonchev–Trinajstić information content (AvgIpc) is 2.80. The molecule has 0 aromatic carbocycles. The Balaban J connectivity index is 1.87. The van der Waals surface area contributed by atoms with Gasteiger partial charge in [0.15, 0.2) is 0 Å². The highest BCUT2D eigenvalue weighted by molar-refractivity contribution is 5.21. The van der Waals surface area contributed by atoms with Gasteiger partial charge in [-0.05, 0) is 36.9 Å². The van der Waals surface area contributed by atoms with Crippen LogP contribution in [0.15, 0.2) is 24.5 Å². The molecule has 2 fully saturated rings. The zero-order chi connectivity index (χ0) is 8.67. The lowest BCUT2D eigenvalue weighted by molar-refractivity contribution is 0.448. The van der Waals surface area contributed by atoms with Crippen LogP contribution in [0.2, 0.25) is 0 Å². The Kier molecular flexibility index (Phi) is 1.62. The predicted molar refractivity (Wildman–Crippen MR) is 51.5 cm³/mol. The zero-order valence-electron chi connectivity index (χ0n) is 7.61. The van der Waals surface area contributed by atoms with E-state index >= 15 is 0 Å². The van der Waals surface area contributed by atoms with Crippen molar-refractivity contribution in [2.24, 2.45) is 5.92 Å². The number of piperidine rings is 1. The molecule has 2 heterocycles. The molecule has 2 aliphatic rings. The molecule has 2 nitrogen and oxygen atoms in total. The van der Waals surface area contributed by atoms with E-state index in [-0.39, 0.29) is 0 Å². The van der Waals surface area contributed by atoms with Crippen LogP contribution in [0.25, 0.3) is 0 Å². The minimum atomic E-state index is 0.729. The van der Waals surface area contributed by atoms with Gasteiger partial charge < -0.3 is 5.32 Å². The molecular formula is C11H14N2. The number of hydrogen-bond donors (Lipinski definition) is 1. The molecule has 2 bridgehead atoms. The quantitative estimate of drug-likeness (QED) is 0.698. The largest absolute Gasteiger partial charge is 0.313 e. The standard InChI is InChI=1S/C11H14N2/c1-2-9(7-12-3-1)10-4-8-5-11(10)13-6-8/h1-3,7-8,10-11,13H,4-6H2/t8-,10+,11-/m1/s1. The van der Waals surface area contributed by atoms with Crippen molar-refractivity contribution in [1.82, 2.24) is 10.3 Å². The third-order valence-corrected chi connectivity index (χ3v) is 3.44. The third-order valence-electron chi connectivity index (χ3n) is 3.44. The zero-order valence-corrected chi connectivity index (χ0v) is 7.61. The molecule has 3 rings (SSSR count). The number of aromatic nitrogens is 1. The van der Waals surface area contributed by atoms with Crippen LogP contribution in [0.1, 0.15) is 24.3 Å². The number of rotatable bonds is 1. The lowest BCUT2D eigenvalue weighted by Crippen LogP contribution is -2.31. The van der Waals surface area contributed by atoms with Gasteiger partial charge in [-0.25, -0.2) is 0 Å². The lowest BCUT2D eigenvalue weighted by Gasteiger charge is -2.22. The molecule has 1 saturated heterocycles. The summed E-state index contributed by atoms with van der Waals surface area (Å²) < 4.78 is 0. The van der Waals surface area contributed by atoms with Crippen molar-refractivity contribution < 1.29 is 0 Å². The van der Waals surface area contributed by atoms with Crippen LogP contribution >= 0.6 is 0 Å². The van der Waals surface area contributed by atoms with Crippen LogP contribution in [0, 0.1) is 5.92 Å². The van der Waals surface area contributed by atoms with E-state index in [1.54, 1.807) is 0 Å². The minimum Gasteiger partial charge on any atom is -0.313 e. The second-order valence-electron chi connectivity index (χ2n) is 4.25. The maximum absolute atomic E-state index is 4.19. The highest BCUT2D eigenvalue weighted by Crippen LogP contribution is 2.41. The molecule has 2 heteroatoms. The summed E-state index contributed by atoms with van der Waals surface area (Å²) in [5, 5.41) is 3.58. The molecule has 68 valence electrons. The van der Waals surface area contributed by atoms with E-state index in [2.05, 4.69) is 16.4 Å². The predicted octanol–water partition coefficient (Wildman–Crippen LogP) is 1.55. The van der Waals surface area contributed by atoms with Gasteiger partial charge in [0.05, 0.1) is 0 Å². The first-order valence-electron chi connectivity index (χ1n) is 5.07. The molecule has 1 saturated carbocycles. The Morgan fingerprint density at radius 3 is 3.00 bits per heavy atom. The van der Waals surface area contributed by atoms with Crippen molar-refractivity contribution in [3.8, 4) is 0 Å². The summed E-state index contributed by atoms with van der Waals surface area (Å²) in [6, 6.07) is 4.98. The van der Waals surface area contributed by atoms with E-state index in [0.717, 1.165) is 17.9 Å². The molecular weight excluding hydrogens is 160 g/mol. The van der Waals surface area contributed by atoms with Gasteiger partial charge in [0.2, 0.25) is 0 Å². The summed E-state index contributed by atoms with van der Waals surface area (Å²) in [4.78, 5) is 4.19. The van der Waals surface area contributed by atoms with E-state index in [9.17, 15) is 0 Å². The van der Waals surface area contributed by atoms with Crippen molar-refractivity contribution in [3.63, 3.8) is 0 Å². The molecule has 1 aliphatic carbocycles. The fraction of sp³-hybridized carbons (Fsp3) is 0.545. The normalized spacial score (nSPS) is 36.8. The molecule has 0 unspecified atom stereocenters. The average molecular weight is 174 g/mol. The SMILES string of the molecule is c1cncc([C@@H]2C[C@H]3CN[C@@H]2C3)c1. The number of hydrogen-bond acceptors (Lipinski definition) is 2. The van der Waals surface area contributed by atoms with E-state index in [4.69, 9.17) is 0 Å². The molecule has 3 atom stereocenters. The monoisotopic (exact) mass is 174 g/mol. The summed E-state index contributed by atoms with van der Waals surface area (Å²) in [5.41, 5.74) is 1.42. The maximum Gasteiger partial charge on any atom is 0.0303 e. The molecule has 13 heavy (non-hydrogen) atoms. The van der Waals surface area contributed by atoms with E-state index in [1.807, 2.05) is 18.5 Å². The van der Waals surface area contributed by atoms with Gasteiger partial charge in [-0.15, -0.1) is 0 Å². The van der Waals surface area contributed by atoms with Crippen LogP contribution in [0.3, 0.4) is 0 Å². The van der Waals surface area contributed by atoms with E-state index in [1.165, 1.54) is 24.9 Å². The van der Waals surface area contributed by atoms with Crippen LogP contribution < -0.4 is 5.32 Å².